The average molecular weight is 625 g/mol. The number of benzene rings is 4. The fourth-order valence-electron chi connectivity index (χ4n) is 6.65. The minimum atomic E-state index is 0.970. The van der Waals surface area contributed by atoms with Gasteiger partial charge in [0.15, 0.2) is 0 Å². The van der Waals surface area contributed by atoms with E-state index in [1.54, 1.807) is 16.7 Å². The highest BCUT2D eigenvalue weighted by Crippen LogP contribution is 2.39. The summed E-state index contributed by atoms with van der Waals surface area (Å²) < 4.78 is 0. The van der Waals surface area contributed by atoms with Crippen LogP contribution in [0.4, 0.5) is 0 Å². The molecule has 1 heterocycles. The summed E-state index contributed by atoms with van der Waals surface area (Å²) in [4.78, 5) is 3.54. The minimum Gasteiger partial charge on any atom is -0.143 e. The van der Waals surface area contributed by atoms with E-state index >= 15 is 0 Å². The van der Waals surface area contributed by atoms with E-state index in [1.165, 1.54) is 81.0 Å². The van der Waals surface area contributed by atoms with Gasteiger partial charge in [0.1, 0.15) is 0 Å². The Hall–Kier alpha value is -3.59. The topological polar surface area (TPSA) is 0 Å². The predicted octanol–water partition coefficient (Wildman–Crippen LogP) is 13.3. The number of hydrogen-bond donors (Lipinski definition) is 1. The Morgan fingerprint density at radius 2 is 1.58 bits per heavy atom. The Kier molecular flexibility index (Phi) is 10.6. The quantitative estimate of drug-likeness (QED) is 0.0797. The van der Waals surface area contributed by atoms with Gasteiger partial charge in [-0.05, 0) is 123 Å². The van der Waals surface area contributed by atoms with Crippen molar-refractivity contribution in [3.05, 3.63) is 136 Å². The molecule has 6 rings (SSSR count). The van der Waals surface area contributed by atoms with Gasteiger partial charge >= 0.3 is 0 Å². The van der Waals surface area contributed by atoms with Crippen LogP contribution in [0.1, 0.15) is 85.1 Å². The van der Waals surface area contributed by atoms with Gasteiger partial charge in [0.2, 0.25) is 0 Å². The molecule has 4 aromatic carbocycles. The number of thiophene rings is 1. The largest absolute Gasteiger partial charge is 0.143 e. The lowest BCUT2D eigenvalue weighted by Crippen LogP contribution is -2.04. The molecule has 0 saturated heterocycles. The zero-order valence-electron chi connectivity index (χ0n) is 26.7. The molecule has 1 aromatic heterocycles. The number of hydrogen-bond acceptors (Lipinski definition) is 2. The van der Waals surface area contributed by atoms with Crippen molar-refractivity contribution in [3.8, 4) is 10.4 Å². The third-order valence-corrected chi connectivity index (χ3v) is 10.6. The van der Waals surface area contributed by atoms with Gasteiger partial charge in [-0.2, -0.15) is 0 Å². The first-order chi connectivity index (χ1) is 22.2. The molecular weight excluding hydrogens is 581 g/mol. The fourth-order valence-corrected chi connectivity index (χ4v) is 7.79. The van der Waals surface area contributed by atoms with Crippen molar-refractivity contribution in [3.63, 3.8) is 0 Å². The maximum Gasteiger partial charge on any atom is 0.0349 e. The molecule has 45 heavy (non-hydrogen) atoms. The normalized spacial score (nSPS) is 13.3. The first-order valence-corrected chi connectivity index (χ1v) is 18.0. The molecular formula is C43H44S2. The van der Waals surface area contributed by atoms with Gasteiger partial charge < -0.3 is 0 Å². The Morgan fingerprint density at radius 3 is 2.40 bits per heavy atom. The number of unbranched alkanes of at least 4 members (excludes halogenated alkanes) is 4. The van der Waals surface area contributed by atoms with Crippen LogP contribution in [-0.4, -0.2) is 0 Å². The van der Waals surface area contributed by atoms with Gasteiger partial charge in [-0.3, -0.25) is 0 Å². The summed E-state index contributed by atoms with van der Waals surface area (Å²) in [7, 11) is 0. The zero-order valence-corrected chi connectivity index (χ0v) is 28.4. The van der Waals surface area contributed by atoms with Crippen LogP contribution >= 0.6 is 24.0 Å². The zero-order chi connectivity index (χ0) is 31.0. The van der Waals surface area contributed by atoms with Crippen LogP contribution in [0.3, 0.4) is 0 Å². The highest BCUT2D eigenvalue weighted by Gasteiger charge is 2.19. The molecule has 5 aromatic rings. The molecule has 1 aliphatic carbocycles. The van der Waals surface area contributed by atoms with E-state index in [-0.39, 0.29) is 0 Å². The monoisotopic (exact) mass is 624 g/mol. The van der Waals surface area contributed by atoms with Crippen molar-refractivity contribution >= 4 is 62.6 Å². The maximum atomic E-state index is 4.81. The van der Waals surface area contributed by atoms with E-state index in [1.807, 2.05) is 11.3 Å². The van der Waals surface area contributed by atoms with Gasteiger partial charge in [0.05, 0.1) is 0 Å². The number of allylic oxidation sites excluding steroid dienone is 5. The summed E-state index contributed by atoms with van der Waals surface area (Å²) >= 11 is 6.67. The molecule has 0 radical (unpaired) electrons. The molecule has 1 aliphatic rings. The van der Waals surface area contributed by atoms with E-state index < -0.39 is 0 Å². The predicted molar refractivity (Wildman–Crippen MR) is 206 cm³/mol. The first-order valence-electron chi connectivity index (χ1n) is 16.8. The van der Waals surface area contributed by atoms with Crippen molar-refractivity contribution < 1.29 is 0 Å². The van der Waals surface area contributed by atoms with E-state index in [2.05, 4.69) is 129 Å². The van der Waals surface area contributed by atoms with Crippen molar-refractivity contribution in [1.82, 2.24) is 0 Å². The van der Waals surface area contributed by atoms with Crippen molar-refractivity contribution in [2.24, 2.45) is 0 Å². The molecule has 0 N–H and O–H groups in total. The molecule has 0 spiro atoms. The van der Waals surface area contributed by atoms with E-state index in [4.69, 9.17) is 12.6 Å². The smallest absolute Gasteiger partial charge is 0.0349 e. The summed E-state index contributed by atoms with van der Waals surface area (Å²) in [6.45, 7) is 4.60. The molecule has 0 amide bonds. The van der Waals surface area contributed by atoms with Gasteiger partial charge in [0, 0.05) is 14.7 Å². The number of fused-ring (bicyclic) bond motifs is 3. The Morgan fingerprint density at radius 1 is 0.778 bits per heavy atom. The second-order valence-corrected chi connectivity index (χ2v) is 13.8. The van der Waals surface area contributed by atoms with Crippen molar-refractivity contribution in [2.45, 2.75) is 71.6 Å². The molecule has 0 fully saturated rings. The lowest BCUT2D eigenvalue weighted by molar-refractivity contribution is 0.712. The third kappa shape index (κ3) is 7.29. The third-order valence-electron chi connectivity index (χ3n) is 9.05. The molecule has 2 heteroatoms. The molecule has 0 aliphatic heterocycles. The summed E-state index contributed by atoms with van der Waals surface area (Å²) in [6.07, 6.45) is 26.5. The summed E-state index contributed by atoms with van der Waals surface area (Å²) in [5.74, 6) is 0. The van der Waals surface area contributed by atoms with Crippen LogP contribution in [0.25, 0.3) is 49.0 Å². The molecule has 0 atom stereocenters. The number of aryl methyl sites for hydroxylation is 2. The SMILES string of the molecule is CCCCCc1c2c(c(CCCCC)c3cc(-c4ccc(/C=C/C=C(\S)c5ccc6ccccc6c5)s4)ccc13)CC=CC=C2. The fraction of sp³-hybridized carbons (Fsp3) is 0.256. The standard InChI is InChI=1S/C43H44S2/c1-3-5-8-18-38-36-20-10-7-11-21-37(36)39(19-9-6-4-2)41-30-34(25-27-40(38)41)43-28-26-35(45-43)17-14-22-42(44)33-24-23-31-15-12-13-16-32(31)29-33/h7,10-17,20,22-30,44H,3-6,8-9,18-19,21H2,1-2H3/b17-14+,42-22-. The molecule has 0 bridgehead atoms. The van der Waals surface area contributed by atoms with Crippen LogP contribution in [0.5, 0.6) is 0 Å². The Bertz CT molecular complexity index is 1910. The summed E-state index contributed by atoms with van der Waals surface area (Å²) in [6, 6.07) is 26.8. The Balaban J connectivity index is 1.32. The van der Waals surface area contributed by atoms with Crippen LogP contribution in [0, 0.1) is 0 Å². The summed E-state index contributed by atoms with van der Waals surface area (Å²) in [5.41, 5.74) is 8.63. The second-order valence-electron chi connectivity index (χ2n) is 12.2. The first kappa shape index (κ1) is 31.4. The van der Waals surface area contributed by atoms with Crippen molar-refractivity contribution in [1.29, 1.82) is 0 Å². The van der Waals surface area contributed by atoms with Crippen LogP contribution < -0.4 is 0 Å². The number of rotatable bonds is 12. The molecule has 0 unspecified atom stereocenters. The van der Waals surface area contributed by atoms with Gasteiger partial charge in [-0.1, -0.05) is 118 Å². The highest BCUT2D eigenvalue weighted by atomic mass is 32.1. The van der Waals surface area contributed by atoms with Gasteiger partial charge in [-0.15, -0.1) is 24.0 Å². The maximum absolute atomic E-state index is 4.81. The van der Waals surface area contributed by atoms with Crippen LogP contribution in [-0.2, 0) is 19.3 Å². The lowest BCUT2D eigenvalue weighted by Gasteiger charge is -2.21. The van der Waals surface area contributed by atoms with Crippen LogP contribution in [0.15, 0.2) is 103 Å². The second kappa shape index (κ2) is 15.1. The molecule has 0 nitrogen and oxygen atoms in total. The van der Waals surface area contributed by atoms with E-state index in [0.29, 0.717) is 0 Å². The molecule has 0 saturated carbocycles. The number of thiol groups is 1. The van der Waals surface area contributed by atoms with Gasteiger partial charge in [0.25, 0.3) is 0 Å². The highest BCUT2D eigenvalue weighted by molar-refractivity contribution is 7.90. The lowest BCUT2D eigenvalue weighted by atomic mass is 9.83. The van der Waals surface area contributed by atoms with E-state index in [9.17, 15) is 0 Å². The van der Waals surface area contributed by atoms with Gasteiger partial charge in [-0.25, -0.2) is 0 Å². The minimum absolute atomic E-state index is 0.970. The average Bonchev–Trinajstić information content (AvgIpc) is 3.41. The van der Waals surface area contributed by atoms with Crippen LogP contribution in [0.2, 0.25) is 0 Å². The van der Waals surface area contributed by atoms with E-state index in [0.717, 1.165) is 29.7 Å². The Labute approximate surface area is 279 Å². The molecule has 228 valence electrons. The van der Waals surface area contributed by atoms with Crippen molar-refractivity contribution in [2.75, 3.05) is 0 Å². The summed E-state index contributed by atoms with van der Waals surface area (Å²) in [5, 5.41) is 5.43.